The van der Waals surface area contributed by atoms with Crippen LogP contribution in [0, 0.1) is 17.1 Å². The van der Waals surface area contributed by atoms with Crippen molar-refractivity contribution in [2.45, 2.75) is 5.92 Å². The predicted octanol–water partition coefficient (Wildman–Crippen LogP) is 4.62. The third kappa shape index (κ3) is 3.16. The van der Waals surface area contributed by atoms with Gasteiger partial charge in [0.1, 0.15) is 11.7 Å². The van der Waals surface area contributed by atoms with Gasteiger partial charge < -0.3 is 0 Å². The summed E-state index contributed by atoms with van der Waals surface area (Å²) in [6, 6.07) is 11.6. The van der Waals surface area contributed by atoms with E-state index in [4.69, 9.17) is 23.2 Å². The Bertz CT molecular complexity index is 689. The highest BCUT2D eigenvalue weighted by Crippen LogP contribution is 2.25. The lowest BCUT2D eigenvalue weighted by Gasteiger charge is -2.09. The minimum absolute atomic E-state index is 0.221. The molecule has 0 aliphatic heterocycles. The Morgan fingerprint density at radius 1 is 1.15 bits per heavy atom. The number of ketones is 1. The molecule has 2 aromatic rings. The summed E-state index contributed by atoms with van der Waals surface area (Å²) in [4.78, 5) is 12.3. The molecule has 2 aromatic carbocycles. The number of carbonyl (C=O) groups excluding carboxylic acids is 1. The Balaban J connectivity index is 2.42. The van der Waals surface area contributed by atoms with Crippen LogP contribution in [0.15, 0.2) is 42.5 Å². The van der Waals surface area contributed by atoms with Crippen LogP contribution in [-0.4, -0.2) is 5.78 Å². The van der Waals surface area contributed by atoms with Crippen LogP contribution in [0.4, 0.5) is 4.39 Å². The maximum absolute atomic E-state index is 13.2. The quantitative estimate of drug-likeness (QED) is 0.776. The van der Waals surface area contributed by atoms with Gasteiger partial charge in [0.25, 0.3) is 0 Å². The zero-order valence-electron chi connectivity index (χ0n) is 10.1. The summed E-state index contributed by atoms with van der Waals surface area (Å²) in [6.07, 6.45) is 0. The van der Waals surface area contributed by atoms with Crippen LogP contribution in [-0.2, 0) is 0 Å². The van der Waals surface area contributed by atoms with Gasteiger partial charge in [-0.15, -0.1) is 0 Å². The normalized spacial score (nSPS) is 11.7. The molecule has 0 N–H and O–H groups in total. The number of hydrogen-bond acceptors (Lipinski definition) is 2. The Kier molecular flexibility index (Phi) is 4.39. The highest BCUT2D eigenvalue weighted by Gasteiger charge is 2.22. The summed E-state index contributed by atoms with van der Waals surface area (Å²) in [5, 5.41) is 9.79. The molecule has 2 nitrogen and oxygen atoms in total. The van der Waals surface area contributed by atoms with Crippen molar-refractivity contribution in [3.63, 3.8) is 0 Å². The van der Waals surface area contributed by atoms with Crippen LogP contribution in [0.3, 0.4) is 0 Å². The molecule has 0 aliphatic carbocycles. The molecular weight excluding hydrogens is 300 g/mol. The first-order valence-corrected chi connectivity index (χ1v) is 6.42. The van der Waals surface area contributed by atoms with Gasteiger partial charge in [-0.05, 0) is 35.9 Å². The standard InChI is InChI=1S/C15H8Cl2FNO/c16-11-4-10(5-12(17)7-11)15(20)14(8-19)9-2-1-3-13(18)6-9/h1-7,14H. The zero-order valence-corrected chi connectivity index (χ0v) is 11.6. The Labute approximate surface area is 125 Å². The van der Waals surface area contributed by atoms with Gasteiger partial charge >= 0.3 is 0 Å². The van der Waals surface area contributed by atoms with E-state index in [1.165, 1.54) is 36.4 Å². The van der Waals surface area contributed by atoms with Gasteiger partial charge in [0.15, 0.2) is 5.78 Å². The number of carbonyl (C=O) groups is 1. The van der Waals surface area contributed by atoms with Crippen LogP contribution >= 0.6 is 23.2 Å². The molecule has 0 amide bonds. The molecule has 0 heterocycles. The van der Waals surface area contributed by atoms with E-state index in [1.807, 2.05) is 6.07 Å². The van der Waals surface area contributed by atoms with Crippen LogP contribution in [0.5, 0.6) is 0 Å². The lowest BCUT2D eigenvalue weighted by molar-refractivity contribution is 0.0979. The van der Waals surface area contributed by atoms with Crippen LogP contribution in [0.1, 0.15) is 21.8 Å². The molecule has 100 valence electrons. The summed E-state index contributed by atoms with van der Waals surface area (Å²) >= 11 is 11.7. The summed E-state index contributed by atoms with van der Waals surface area (Å²) in [7, 11) is 0. The summed E-state index contributed by atoms with van der Waals surface area (Å²) < 4.78 is 13.2. The highest BCUT2D eigenvalue weighted by molar-refractivity contribution is 6.35. The second kappa shape index (κ2) is 6.04. The number of nitriles is 1. The molecule has 0 spiro atoms. The first kappa shape index (κ1) is 14.5. The van der Waals surface area contributed by atoms with Gasteiger partial charge in [0.05, 0.1) is 6.07 Å². The van der Waals surface area contributed by atoms with Gasteiger partial charge in [0.2, 0.25) is 0 Å². The van der Waals surface area contributed by atoms with Crippen molar-refractivity contribution in [3.8, 4) is 6.07 Å². The Hall–Kier alpha value is -1.89. The molecule has 0 radical (unpaired) electrons. The molecular formula is C15H8Cl2FNO. The molecule has 0 fully saturated rings. The van der Waals surface area contributed by atoms with Crippen molar-refractivity contribution >= 4 is 29.0 Å². The van der Waals surface area contributed by atoms with E-state index in [2.05, 4.69) is 0 Å². The fourth-order valence-corrected chi connectivity index (χ4v) is 2.36. The summed E-state index contributed by atoms with van der Waals surface area (Å²) in [5.41, 5.74) is 0.520. The van der Waals surface area contributed by atoms with Crippen molar-refractivity contribution in [3.05, 3.63) is 69.5 Å². The average molecular weight is 308 g/mol. The van der Waals surface area contributed by atoms with E-state index >= 15 is 0 Å². The molecule has 1 atom stereocenters. The number of halogens is 3. The SMILES string of the molecule is N#CC(C(=O)c1cc(Cl)cc(Cl)c1)c1cccc(F)c1. The van der Waals surface area contributed by atoms with Crippen LogP contribution in [0.25, 0.3) is 0 Å². The maximum atomic E-state index is 13.2. The molecule has 0 aliphatic rings. The Morgan fingerprint density at radius 2 is 1.80 bits per heavy atom. The monoisotopic (exact) mass is 307 g/mol. The largest absolute Gasteiger partial charge is 0.292 e. The van der Waals surface area contributed by atoms with Crippen molar-refractivity contribution in [2.75, 3.05) is 0 Å². The highest BCUT2D eigenvalue weighted by atomic mass is 35.5. The molecule has 0 saturated carbocycles. The first-order valence-electron chi connectivity index (χ1n) is 5.66. The van der Waals surface area contributed by atoms with Crippen LogP contribution < -0.4 is 0 Å². The lowest BCUT2D eigenvalue weighted by Crippen LogP contribution is -2.11. The average Bonchev–Trinajstić information content (AvgIpc) is 2.38. The van der Waals surface area contributed by atoms with E-state index in [-0.39, 0.29) is 5.56 Å². The number of nitrogens with zero attached hydrogens (tertiary/aromatic N) is 1. The fourth-order valence-electron chi connectivity index (χ4n) is 1.83. The van der Waals surface area contributed by atoms with E-state index in [0.29, 0.717) is 15.6 Å². The third-order valence-corrected chi connectivity index (χ3v) is 3.16. The van der Waals surface area contributed by atoms with Crippen molar-refractivity contribution in [1.82, 2.24) is 0 Å². The van der Waals surface area contributed by atoms with E-state index in [9.17, 15) is 14.4 Å². The lowest BCUT2D eigenvalue weighted by atomic mass is 9.92. The molecule has 0 saturated heterocycles. The number of benzene rings is 2. The fraction of sp³-hybridized carbons (Fsp3) is 0.0667. The molecule has 20 heavy (non-hydrogen) atoms. The van der Waals surface area contributed by atoms with Crippen molar-refractivity contribution in [1.29, 1.82) is 5.26 Å². The summed E-state index contributed by atoms with van der Waals surface area (Å²) in [6.45, 7) is 0. The van der Waals surface area contributed by atoms with Gasteiger partial charge in [-0.3, -0.25) is 4.79 Å². The van der Waals surface area contributed by atoms with E-state index in [1.54, 1.807) is 0 Å². The predicted molar refractivity (Wildman–Crippen MR) is 75.5 cm³/mol. The smallest absolute Gasteiger partial charge is 0.184 e. The van der Waals surface area contributed by atoms with Crippen molar-refractivity contribution in [2.24, 2.45) is 0 Å². The van der Waals surface area contributed by atoms with Crippen molar-refractivity contribution < 1.29 is 9.18 Å². The van der Waals surface area contributed by atoms with E-state index < -0.39 is 17.5 Å². The second-order valence-electron chi connectivity index (χ2n) is 4.14. The van der Waals surface area contributed by atoms with E-state index in [0.717, 1.165) is 6.07 Å². The van der Waals surface area contributed by atoms with Gasteiger partial charge in [0, 0.05) is 15.6 Å². The maximum Gasteiger partial charge on any atom is 0.184 e. The molecule has 0 aromatic heterocycles. The molecule has 0 bridgehead atoms. The van der Waals surface area contributed by atoms with Crippen LogP contribution in [0.2, 0.25) is 10.0 Å². The number of hydrogen-bond donors (Lipinski definition) is 0. The zero-order chi connectivity index (χ0) is 14.7. The minimum Gasteiger partial charge on any atom is -0.292 e. The summed E-state index contributed by atoms with van der Waals surface area (Å²) in [5.74, 6) is -2.07. The topological polar surface area (TPSA) is 40.9 Å². The number of Topliss-reactive ketones (excluding diaryl/α,β-unsaturated/α-hetero) is 1. The van der Waals surface area contributed by atoms with Gasteiger partial charge in [-0.1, -0.05) is 35.3 Å². The first-order chi connectivity index (χ1) is 9.51. The Morgan fingerprint density at radius 3 is 2.35 bits per heavy atom. The van der Waals surface area contributed by atoms with Gasteiger partial charge in [-0.2, -0.15) is 5.26 Å². The number of rotatable bonds is 3. The second-order valence-corrected chi connectivity index (χ2v) is 5.01. The third-order valence-electron chi connectivity index (χ3n) is 2.72. The molecule has 1 unspecified atom stereocenters. The molecule has 5 heteroatoms. The molecule has 2 rings (SSSR count). The minimum atomic E-state index is -1.10. The van der Waals surface area contributed by atoms with Gasteiger partial charge in [-0.25, -0.2) is 4.39 Å².